The van der Waals surface area contributed by atoms with Crippen LogP contribution in [0, 0.1) is 0 Å². The van der Waals surface area contributed by atoms with E-state index in [9.17, 15) is 0 Å². The number of rotatable bonds is 4. The van der Waals surface area contributed by atoms with Crippen molar-refractivity contribution in [3.8, 4) is 11.3 Å². The highest BCUT2D eigenvalue weighted by atomic mass is 15.1. The standard InChI is InChI=1S/C14H18N4/c1-15-7-6-13-17-14(11-4-8-16-9-5-11)12-3-2-10-18(12)13/h4-5,8-9,15H,2-3,6-7,10H2,1H3. The van der Waals surface area contributed by atoms with Gasteiger partial charge in [0.2, 0.25) is 0 Å². The number of likely N-dealkylation sites (N-methyl/N-ethyl adjacent to an activating group) is 1. The normalized spacial score (nSPS) is 13.8. The van der Waals surface area contributed by atoms with Crippen molar-refractivity contribution in [1.29, 1.82) is 0 Å². The Morgan fingerprint density at radius 3 is 2.94 bits per heavy atom. The second kappa shape index (κ2) is 4.90. The van der Waals surface area contributed by atoms with Gasteiger partial charge in [-0.15, -0.1) is 0 Å². The molecule has 3 rings (SSSR count). The van der Waals surface area contributed by atoms with Crippen LogP contribution >= 0.6 is 0 Å². The minimum atomic E-state index is 0.978. The number of fused-ring (bicyclic) bond motifs is 1. The Balaban J connectivity index is 2.01. The fourth-order valence-corrected chi connectivity index (χ4v) is 2.63. The number of hydrogen-bond acceptors (Lipinski definition) is 3. The highest BCUT2D eigenvalue weighted by molar-refractivity contribution is 5.62. The summed E-state index contributed by atoms with van der Waals surface area (Å²) in [4.78, 5) is 8.91. The molecule has 1 aliphatic rings. The molecule has 0 radical (unpaired) electrons. The molecule has 0 bridgehead atoms. The SMILES string of the molecule is CNCCc1nc(-c2ccncc2)c2n1CCC2. The van der Waals surface area contributed by atoms with Crippen LogP contribution < -0.4 is 5.32 Å². The fourth-order valence-electron chi connectivity index (χ4n) is 2.63. The highest BCUT2D eigenvalue weighted by Gasteiger charge is 2.21. The molecule has 1 N–H and O–H groups in total. The summed E-state index contributed by atoms with van der Waals surface area (Å²) in [6, 6.07) is 4.09. The van der Waals surface area contributed by atoms with Crippen LogP contribution in [0.3, 0.4) is 0 Å². The van der Waals surface area contributed by atoms with Crippen molar-refractivity contribution in [2.45, 2.75) is 25.8 Å². The molecule has 2 aromatic heterocycles. The Bertz CT molecular complexity index is 530. The third kappa shape index (κ3) is 1.93. The molecule has 0 saturated carbocycles. The Labute approximate surface area is 107 Å². The number of aromatic nitrogens is 3. The van der Waals surface area contributed by atoms with Gasteiger partial charge in [0.05, 0.1) is 5.69 Å². The van der Waals surface area contributed by atoms with E-state index in [0.717, 1.165) is 31.6 Å². The van der Waals surface area contributed by atoms with E-state index in [0.29, 0.717) is 0 Å². The van der Waals surface area contributed by atoms with Crippen LogP contribution in [-0.2, 0) is 19.4 Å². The first-order valence-electron chi connectivity index (χ1n) is 6.53. The van der Waals surface area contributed by atoms with Gasteiger partial charge in [0.1, 0.15) is 5.82 Å². The number of nitrogens with one attached hydrogen (secondary N) is 1. The van der Waals surface area contributed by atoms with Gasteiger partial charge in [0.25, 0.3) is 0 Å². The molecule has 0 fully saturated rings. The lowest BCUT2D eigenvalue weighted by Gasteiger charge is -2.02. The van der Waals surface area contributed by atoms with E-state index in [1.807, 2.05) is 31.6 Å². The van der Waals surface area contributed by atoms with Crippen LogP contribution in [0.25, 0.3) is 11.3 Å². The Kier molecular flexibility index (Phi) is 3.11. The van der Waals surface area contributed by atoms with E-state index in [4.69, 9.17) is 4.98 Å². The average Bonchev–Trinajstić information content (AvgIpc) is 3.00. The van der Waals surface area contributed by atoms with Gasteiger partial charge in [-0.2, -0.15) is 0 Å². The van der Waals surface area contributed by atoms with E-state index in [2.05, 4.69) is 14.9 Å². The third-order valence-electron chi connectivity index (χ3n) is 3.50. The van der Waals surface area contributed by atoms with Crippen molar-refractivity contribution < 1.29 is 0 Å². The first-order chi connectivity index (χ1) is 8.90. The molecule has 0 saturated heterocycles. The van der Waals surface area contributed by atoms with Crippen molar-refractivity contribution in [1.82, 2.24) is 19.9 Å². The summed E-state index contributed by atoms with van der Waals surface area (Å²) >= 11 is 0. The third-order valence-corrected chi connectivity index (χ3v) is 3.50. The molecule has 2 aromatic rings. The molecule has 0 aromatic carbocycles. The zero-order valence-electron chi connectivity index (χ0n) is 10.7. The Morgan fingerprint density at radius 1 is 1.33 bits per heavy atom. The van der Waals surface area contributed by atoms with Crippen LogP contribution in [0.1, 0.15) is 17.9 Å². The van der Waals surface area contributed by atoms with E-state index >= 15 is 0 Å². The molecule has 1 aliphatic heterocycles. The molecular weight excluding hydrogens is 224 g/mol. The van der Waals surface area contributed by atoms with Crippen molar-refractivity contribution in [2.75, 3.05) is 13.6 Å². The molecule has 18 heavy (non-hydrogen) atoms. The summed E-state index contributed by atoms with van der Waals surface area (Å²) in [5.41, 5.74) is 3.74. The first kappa shape index (κ1) is 11.4. The smallest absolute Gasteiger partial charge is 0.110 e. The van der Waals surface area contributed by atoms with Gasteiger partial charge in [0.15, 0.2) is 0 Å². The maximum Gasteiger partial charge on any atom is 0.110 e. The summed E-state index contributed by atoms with van der Waals surface area (Å²) in [6.45, 7) is 2.10. The molecule has 3 heterocycles. The minimum absolute atomic E-state index is 0.978. The Hall–Kier alpha value is -1.68. The fraction of sp³-hybridized carbons (Fsp3) is 0.429. The van der Waals surface area contributed by atoms with Crippen molar-refractivity contribution in [3.05, 3.63) is 36.0 Å². The molecule has 94 valence electrons. The molecule has 4 nitrogen and oxygen atoms in total. The van der Waals surface area contributed by atoms with Crippen LogP contribution in [0.2, 0.25) is 0 Å². The van der Waals surface area contributed by atoms with E-state index in [-0.39, 0.29) is 0 Å². The topological polar surface area (TPSA) is 42.7 Å². The highest BCUT2D eigenvalue weighted by Crippen LogP contribution is 2.29. The lowest BCUT2D eigenvalue weighted by atomic mass is 10.1. The molecule has 0 amide bonds. The van der Waals surface area contributed by atoms with E-state index in [1.165, 1.54) is 23.5 Å². The molecule has 0 atom stereocenters. The lowest BCUT2D eigenvalue weighted by molar-refractivity contribution is 0.663. The van der Waals surface area contributed by atoms with Gasteiger partial charge in [-0.25, -0.2) is 4.98 Å². The molecule has 4 heteroatoms. The quantitative estimate of drug-likeness (QED) is 0.886. The number of pyridine rings is 1. The summed E-state index contributed by atoms with van der Waals surface area (Å²) in [6.07, 6.45) is 7.05. The first-order valence-corrected chi connectivity index (χ1v) is 6.53. The summed E-state index contributed by atoms with van der Waals surface area (Å²) in [7, 11) is 1.98. The zero-order valence-corrected chi connectivity index (χ0v) is 10.7. The molecule has 0 spiro atoms. The zero-order chi connectivity index (χ0) is 12.4. The summed E-state index contributed by atoms with van der Waals surface area (Å²) in [5, 5.41) is 3.19. The van der Waals surface area contributed by atoms with Gasteiger partial charge in [-0.3, -0.25) is 4.98 Å². The number of hydrogen-bond donors (Lipinski definition) is 1. The summed E-state index contributed by atoms with van der Waals surface area (Å²) < 4.78 is 2.40. The van der Waals surface area contributed by atoms with Crippen LogP contribution in [0.15, 0.2) is 24.5 Å². The summed E-state index contributed by atoms with van der Waals surface area (Å²) in [5.74, 6) is 1.21. The Morgan fingerprint density at radius 2 is 2.17 bits per heavy atom. The van der Waals surface area contributed by atoms with Crippen molar-refractivity contribution in [3.63, 3.8) is 0 Å². The van der Waals surface area contributed by atoms with E-state index < -0.39 is 0 Å². The van der Waals surface area contributed by atoms with Crippen LogP contribution in [-0.4, -0.2) is 28.1 Å². The van der Waals surface area contributed by atoms with Gasteiger partial charge in [-0.05, 0) is 32.0 Å². The molecule has 0 unspecified atom stereocenters. The van der Waals surface area contributed by atoms with Crippen LogP contribution in [0.4, 0.5) is 0 Å². The number of imidazole rings is 1. The maximum absolute atomic E-state index is 4.83. The van der Waals surface area contributed by atoms with Crippen molar-refractivity contribution in [2.24, 2.45) is 0 Å². The molecule has 0 aliphatic carbocycles. The van der Waals surface area contributed by atoms with Crippen molar-refractivity contribution >= 4 is 0 Å². The van der Waals surface area contributed by atoms with Gasteiger partial charge in [0, 0.05) is 43.2 Å². The molecular formula is C14H18N4. The second-order valence-electron chi connectivity index (χ2n) is 4.67. The second-order valence-corrected chi connectivity index (χ2v) is 4.67. The number of nitrogens with zero attached hydrogens (tertiary/aromatic N) is 3. The predicted molar refractivity (Wildman–Crippen MR) is 71.4 cm³/mol. The van der Waals surface area contributed by atoms with Gasteiger partial charge >= 0.3 is 0 Å². The van der Waals surface area contributed by atoms with Gasteiger partial charge < -0.3 is 9.88 Å². The average molecular weight is 242 g/mol. The monoisotopic (exact) mass is 242 g/mol. The predicted octanol–water partition coefficient (Wildman–Crippen LogP) is 1.65. The minimum Gasteiger partial charge on any atom is -0.331 e. The lowest BCUT2D eigenvalue weighted by Crippen LogP contribution is -2.13. The maximum atomic E-state index is 4.83. The van der Waals surface area contributed by atoms with Crippen LogP contribution in [0.5, 0.6) is 0 Å². The van der Waals surface area contributed by atoms with E-state index in [1.54, 1.807) is 0 Å². The largest absolute Gasteiger partial charge is 0.331 e. The van der Waals surface area contributed by atoms with Gasteiger partial charge in [-0.1, -0.05) is 0 Å².